The number of aliphatic hydroxyl groups is 1. The molecule has 1 aromatic heterocycles. The van der Waals surface area contributed by atoms with Crippen molar-refractivity contribution in [1.29, 1.82) is 0 Å². The van der Waals surface area contributed by atoms with E-state index in [0.29, 0.717) is 13.1 Å². The number of piperidine rings is 1. The Morgan fingerprint density at radius 2 is 2.04 bits per heavy atom. The van der Waals surface area contributed by atoms with Gasteiger partial charge in [-0.1, -0.05) is 0 Å². The van der Waals surface area contributed by atoms with Gasteiger partial charge in [-0.05, 0) is 37.5 Å². The van der Waals surface area contributed by atoms with Crippen molar-refractivity contribution in [3.8, 4) is 5.75 Å². The van der Waals surface area contributed by atoms with E-state index in [1.165, 1.54) is 10.9 Å². The number of fused-ring (bicyclic) bond motifs is 4. The van der Waals surface area contributed by atoms with E-state index in [1.807, 2.05) is 19.2 Å². The molecular formula is C20H29N3O4S. The molecule has 0 amide bonds. The Morgan fingerprint density at radius 1 is 1.32 bits per heavy atom. The molecule has 1 aromatic carbocycles. The van der Waals surface area contributed by atoms with Crippen molar-refractivity contribution in [1.82, 2.24) is 14.2 Å². The molecule has 1 atom stereocenters. The number of rotatable bonds is 4. The zero-order valence-electron chi connectivity index (χ0n) is 16.7. The Labute approximate surface area is 166 Å². The summed E-state index contributed by atoms with van der Waals surface area (Å²) in [6.45, 7) is 3.54. The van der Waals surface area contributed by atoms with Gasteiger partial charge in [-0.15, -0.1) is 0 Å². The number of aromatic nitrogens is 1. The molecule has 0 saturated carbocycles. The first-order chi connectivity index (χ1) is 13.4. The number of nitrogens with zero attached hydrogens (tertiary/aromatic N) is 2. The third-order valence-electron chi connectivity index (χ3n) is 6.62. The van der Waals surface area contributed by atoms with Gasteiger partial charge >= 0.3 is 0 Å². The van der Waals surface area contributed by atoms with Gasteiger partial charge in [0, 0.05) is 49.2 Å². The van der Waals surface area contributed by atoms with Crippen LogP contribution in [0.4, 0.5) is 0 Å². The second-order valence-corrected chi connectivity index (χ2v) is 10.2. The van der Waals surface area contributed by atoms with E-state index < -0.39 is 10.0 Å². The minimum Gasteiger partial charge on any atom is -0.497 e. The summed E-state index contributed by atoms with van der Waals surface area (Å²) in [5.74, 6) is 0.946. The Morgan fingerprint density at radius 3 is 2.64 bits per heavy atom. The first kappa shape index (κ1) is 19.7. The summed E-state index contributed by atoms with van der Waals surface area (Å²) in [5, 5.41) is 14.7. The fourth-order valence-electron chi connectivity index (χ4n) is 4.98. The minimum absolute atomic E-state index is 0.0285. The van der Waals surface area contributed by atoms with Crippen molar-refractivity contribution < 1.29 is 18.3 Å². The van der Waals surface area contributed by atoms with E-state index in [1.54, 1.807) is 18.3 Å². The Bertz CT molecular complexity index is 991. The van der Waals surface area contributed by atoms with Crippen LogP contribution in [0.3, 0.4) is 0 Å². The van der Waals surface area contributed by atoms with E-state index in [2.05, 4.69) is 16.0 Å². The van der Waals surface area contributed by atoms with Crippen LogP contribution in [0.1, 0.15) is 37.1 Å². The maximum Gasteiger partial charge on any atom is 0.213 e. The van der Waals surface area contributed by atoms with Gasteiger partial charge in [-0.2, -0.15) is 0 Å². The lowest BCUT2D eigenvalue weighted by atomic mass is 9.69. The number of methoxy groups -OCH3 is 1. The lowest BCUT2D eigenvalue weighted by Crippen LogP contribution is -2.53. The highest BCUT2D eigenvalue weighted by molar-refractivity contribution is 7.89. The largest absolute Gasteiger partial charge is 0.497 e. The average Bonchev–Trinajstić information content (AvgIpc) is 3.02. The normalized spacial score (nSPS) is 22.5. The van der Waals surface area contributed by atoms with Crippen molar-refractivity contribution in [2.24, 2.45) is 7.05 Å². The molecule has 28 heavy (non-hydrogen) atoms. The highest BCUT2D eigenvalue weighted by Gasteiger charge is 2.46. The molecule has 4 rings (SSSR count). The fraction of sp³-hybridized carbons (Fsp3) is 0.600. The predicted molar refractivity (Wildman–Crippen MR) is 109 cm³/mol. The van der Waals surface area contributed by atoms with Gasteiger partial charge in [0.15, 0.2) is 0 Å². The quantitative estimate of drug-likeness (QED) is 0.803. The summed E-state index contributed by atoms with van der Waals surface area (Å²) in [6.07, 6.45) is 1.55. The van der Waals surface area contributed by atoms with Crippen molar-refractivity contribution in [2.45, 2.75) is 31.2 Å². The number of aryl methyl sites for hydroxylation is 1. The van der Waals surface area contributed by atoms with Gasteiger partial charge in [-0.3, -0.25) is 0 Å². The smallest absolute Gasteiger partial charge is 0.213 e. The lowest BCUT2D eigenvalue weighted by molar-refractivity contribution is 0.176. The van der Waals surface area contributed by atoms with E-state index >= 15 is 0 Å². The Balaban J connectivity index is 1.83. The SMILES string of the molecule is CCS(=O)(=O)N1CCC2(CC1)CN[C@H](CO)c1c2c2ccc(OC)cc2n1C. The zero-order chi connectivity index (χ0) is 20.1. The molecule has 1 spiro atoms. The van der Waals surface area contributed by atoms with Crippen LogP contribution in [0, 0.1) is 0 Å². The summed E-state index contributed by atoms with van der Waals surface area (Å²) in [7, 11) is 0.524. The first-order valence-corrected chi connectivity index (χ1v) is 11.5. The van der Waals surface area contributed by atoms with Gasteiger partial charge in [0.2, 0.25) is 10.0 Å². The molecular weight excluding hydrogens is 378 g/mol. The highest BCUT2D eigenvalue weighted by atomic mass is 32.2. The molecule has 7 nitrogen and oxygen atoms in total. The van der Waals surface area contributed by atoms with Crippen LogP contribution >= 0.6 is 0 Å². The monoisotopic (exact) mass is 407 g/mol. The van der Waals surface area contributed by atoms with Crippen LogP contribution in [0.2, 0.25) is 0 Å². The maximum absolute atomic E-state index is 12.3. The molecule has 0 unspecified atom stereocenters. The van der Waals surface area contributed by atoms with Crippen LogP contribution in [-0.4, -0.2) is 61.5 Å². The van der Waals surface area contributed by atoms with E-state index in [4.69, 9.17) is 4.74 Å². The standard InChI is InChI=1S/C20H29N3O4S/c1-4-28(25,26)23-9-7-20(8-10-23)13-21-16(12-24)19-18(20)15-6-5-14(27-3)11-17(15)22(19)2/h5-6,11,16,21,24H,4,7-10,12-13H2,1-3H3/t16-/m1/s1. The minimum atomic E-state index is -3.16. The topological polar surface area (TPSA) is 83.8 Å². The molecule has 2 aliphatic rings. The summed E-state index contributed by atoms with van der Waals surface area (Å²) < 4.78 is 33.8. The first-order valence-electron chi connectivity index (χ1n) is 9.86. The molecule has 8 heteroatoms. The highest BCUT2D eigenvalue weighted by Crippen LogP contribution is 2.47. The van der Waals surface area contributed by atoms with Gasteiger partial charge in [0.1, 0.15) is 5.75 Å². The van der Waals surface area contributed by atoms with Gasteiger partial charge < -0.3 is 19.7 Å². The average molecular weight is 408 g/mol. The summed E-state index contributed by atoms with van der Waals surface area (Å²) in [4.78, 5) is 0. The summed E-state index contributed by atoms with van der Waals surface area (Å²) in [5.41, 5.74) is 3.31. The van der Waals surface area contributed by atoms with Crippen LogP contribution in [-0.2, 0) is 22.5 Å². The van der Waals surface area contributed by atoms with Gasteiger partial charge in [0.05, 0.1) is 31.0 Å². The number of sulfonamides is 1. The van der Waals surface area contributed by atoms with Crippen LogP contribution in [0.25, 0.3) is 10.9 Å². The Kier molecular flexibility index (Phi) is 4.94. The summed E-state index contributed by atoms with van der Waals surface area (Å²) in [6, 6.07) is 5.99. The molecule has 154 valence electrons. The van der Waals surface area contributed by atoms with E-state index in [0.717, 1.165) is 36.3 Å². The van der Waals surface area contributed by atoms with Crippen molar-refractivity contribution in [3.63, 3.8) is 0 Å². The van der Waals surface area contributed by atoms with E-state index in [9.17, 15) is 13.5 Å². The molecule has 1 saturated heterocycles. The van der Waals surface area contributed by atoms with Crippen molar-refractivity contribution in [2.75, 3.05) is 39.1 Å². The van der Waals surface area contributed by atoms with Crippen molar-refractivity contribution in [3.05, 3.63) is 29.5 Å². The number of aliphatic hydroxyl groups excluding tert-OH is 1. The molecule has 0 radical (unpaired) electrons. The van der Waals surface area contributed by atoms with E-state index in [-0.39, 0.29) is 23.8 Å². The fourth-order valence-corrected chi connectivity index (χ4v) is 6.09. The van der Waals surface area contributed by atoms with Crippen LogP contribution in [0.5, 0.6) is 5.75 Å². The second kappa shape index (κ2) is 7.02. The number of hydrogen-bond donors (Lipinski definition) is 2. The molecule has 3 heterocycles. The second-order valence-electron chi connectivity index (χ2n) is 7.90. The van der Waals surface area contributed by atoms with Gasteiger partial charge in [0.25, 0.3) is 0 Å². The van der Waals surface area contributed by atoms with Crippen molar-refractivity contribution >= 4 is 20.9 Å². The number of nitrogens with one attached hydrogen (secondary N) is 1. The maximum atomic E-state index is 12.3. The number of benzene rings is 1. The zero-order valence-corrected chi connectivity index (χ0v) is 17.6. The number of hydrogen-bond acceptors (Lipinski definition) is 5. The third kappa shape index (κ3) is 2.85. The Hall–Kier alpha value is -1.61. The molecule has 0 aliphatic carbocycles. The molecule has 2 N–H and O–H groups in total. The summed E-state index contributed by atoms with van der Waals surface area (Å²) >= 11 is 0. The molecule has 1 fully saturated rings. The molecule has 0 bridgehead atoms. The number of ether oxygens (including phenoxy) is 1. The molecule has 2 aliphatic heterocycles. The van der Waals surface area contributed by atoms with Crippen LogP contribution < -0.4 is 10.1 Å². The molecule has 2 aromatic rings. The van der Waals surface area contributed by atoms with Gasteiger partial charge in [-0.25, -0.2) is 12.7 Å². The third-order valence-corrected chi connectivity index (χ3v) is 8.50. The predicted octanol–water partition coefficient (Wildman–Crippen LogP) is 1.51. The lowest BCUT2D eigenvalue weighted by Gasteiger charge is -2.46. The van der Waals surface area contributed by atoms with Crippen LogP contribution in [0.15, 0.2) is 18.2 Å².